The molecule has 162 valence electrons. The van der Waals surface area contributed by atoms with Crippen LogP contribution in [0.25, 0.3) is 0 Å². The van der Waals surface area contributed by atoms with E-state index >= 15 is 0 Å². The van der Waals surface area contributed by atoms with Gasteiger partial charge in [-0.25, -0.2) is 13.7 Å². The first-order valence-corrected chi connectivity index (χ1v) is 9.73. The highest BCUT2D eigenvalue weighted by atomic mass is 32.2. The molecule has 0 saturated carbocycles. The number of aromatic nitrogens is 1. The standard InChI is InChI=1S/C18H18F4N4O3S/c1-10(18(20,21)22)5-6-29-16-14(30(24)28)9-26(2)15(16)17(27)25-12-3-4-13(19)11(7-12)8-23/h3-4,7,9-10H,5-6,24H2,1-2H3,(H,25,27). The number of benzene rings is 1. The van der Waals surface area contributed by atoms with Crippen LogP contribution in [0.15, 0.2) is 29.3 Å². The van der Waals surface area contributed by atoms with E-state index in [-0.39, 0.29) is 34.0 Å². The Hall–Kier alpha value is -2.91. The van der Waals surface area contributed by atoms with Gasteiger partial charge in [0.25, 0.3) is 5.91 Å². The molecule has 0 spiro atoms. The van der Waals surface area contributed by atoms with E-state index in [0.29, 0.717) is 0 Å². The largest absolute Gasteiger partial charge is 0.490 e. The molecule has 12 heteroatoms. The number of alkyl halides is 3. The van der Waals surface area contributed by atoms with Gasteiger partial charge in [0.2, 0.25) is 0 Å². The number of nitrogens with two attached hydrogens (primary N) is 1. The molecule has 1 aromatic heterocycles. The molecule has 7 nitrogen and oxygen atoms in total. The van der Waals surface area contributed by atoms with E-state index in [1.807, 2.05) is 0 Å². The van der Waals surface area contributed by atoms with Crippen LogP contribution in [0.1, 0.15) is 29.4 Å². The maximum absolute atomic E-state index is 13.5. The van der Waals surface area contributed by atoms with Gasteiger partial charge in [-0.1, -0.05) is 6.92 Å². The third kappa shape index (κ3) is 5.37. The molecule has 0 aliphatic carbocycles. The van der Waals surface area contributed by atoms with Crippen LogP contribution in [0.5, 0.6) is 5.75 Å². The average Bonchev–Trinajstić information content (AvgIpc) is 2.99. The molecule has 1 aromatic carbocycles. The maximum atomic E-state index is 13.5. The van der Waals surface area contributed by atoms with Gasteiger partial charge in [0.05, 0.1) is 18.1 Å². The molecule has 2 atom stereocenters. The zero-order chi connectivity index (χ0) is 22.6. The lowest BCUT2D eigenvalue weighted by Gasteiger charge is -2.16. The Morgan fingerprint density at radius 2 is 2.10 bits per heavy atom. The van der Waals surface area contributed by atoms with Gasteiger partial charge < -0.3 is 14.6 Å². The van der Waals surface area contributed by atoms with Gasteiger partial charge in [-0.3, -0.25) is 4.79 Å². The van der Waals surface area contributed by atoms with Crippen LogP contribution in [0.3, 0.4) is 0 Å². The highest BCUT2D eigenvalue weighted by molar-refractivity contribution is 7.82. The van der Waals surface area contributed by atoms with E-state index in [4.69, 9.17) is 15.1 Å². The first-order chi connectivity index (χ1) is 14.0. The maximum Gasteiger partial charge on any atom is 0.391 e. The molecule has 2 rings (SSSR count). The minimum atomic E-state index is -4.40. The molecule has 30 heavy (non-hydrogen) atoms. The monoisotopic (exact) mass is 446 g/mol. The van der Waals surface area contributed by atoms with Crippen LogP contribution < -0.4 is 15.2 Å². The van der Waals surface area contributed by atoms with Crippen LogP contribution in [0.2, 0.25) is 0 Å². The summed E-state index contributed by atoms with van der Waals surface area (Å²) in [6, 6.07) is 4.97. The lowest BCUT2D eigenvalue weighted by atomic mass is 10.1. The number of nitrogens with one attached hydrogen (secondary N) is 1. The summed E-state index contributed by atoms with van der Waals surface area (Å²) < 4.78 is 69.9. The third-order valence-electron chi connectivity index (χ3n) is 4.24. The van der Waals surface area contributed by atoms with Crippen molar-refractivity contribution in [3.05, 3.63) is 41.5 Å². The minimum Gasteiger partial charge on any atom is -0.490 e. The van der Waals surface area contributed by atoms with Crippen molar-refractivity contribution < 1.29 is 31.3 Å². The van der Waals surface area contributed by atoms with E-state index < -0.39 is 41.4 Å². The summed E-state index contributed by atoms with van der Waals surface area (Å²) in [6.45, 7) is 0.593. The van der Waals surface area contributed by atoms with Crippen molar-refractivity contribution in [1.82, 2.24) is 4.57 Å². The molecule has 2 unspecified atom stereocenters. The van der Waals surface area contributed by atoms with Crippen molar-refractivity contribution in [2.24, 2.45) is 18.1 Å². The molecular weight excluding hydrogens is 428 g/mol. The number of hydrogen-bond donors (Lipinski definition) is 2. The fraction of sp³-hybridized carbons (Fsp3) is 0.333. The molecule has 0 aliphatic rings. The number of halogens is 4. The molecule has 0 radical (unpaired) electrons. The van der Waals surface area contributed by atoms with Crippen LogP contribution >= 0.6 is 0 Å². The second-order valence-electron chi connectivity index (χ2n) is 6.42. The summed E-state index contributed by atoms with van der Waals surface area (Å²) >= 11 is 0. The van der Waals surface area contributed by atoms with Gasteiger partial charge in [-0.2, -0.15) is 18.4 Å². The van der Waals surface area contributed by atoms with E-state index in [9.17, 15) is 26.6 Å². The number of ether oxygens (including phenoxy) is 1. The lowest BCUT2D eigenvalue weighted by Crippen LogP contribution is -2.22. The van der Waals surface area contributed by atoms with Crippen molar-refractivity contribution >= 4 is 22.6 Å². The van der Waals surface area contributed by atoms with Gasteiger partial charge in [0.1, 0.15) is 27.8 Å². The molecule has 0 aliphatic heterocycles. The summed E-state index contributed by atoms with van der Waals surface area (Å²) in [6.07, 6.45) is -3.53. The second kappa shape index (κ2) is 9.27. The van der Waals surface area contributed by atoms with Crippen LogP contribution in [0.4, 0.5) is 23.2 Å². The Kier molecular flexibility index (Phi) is 7.22. The molecule has 3 N–H and O–H groups in total. The third-order valence-corrected chi connectivity index (χ3v) is 4.96. The Labute approximate surface area is 172 Å². The zero-order valence-electron chi connectivity index (χ0n) is 15.9. The number of carbonyl (C=O) groups is 1. The number of nitrogens with zero attached hydrogens (tertiary/aromatic N) is 2. The van der Waals surface area contributed by atoms with Crippen molar-refractivity contribution in [2.75, 3.05) is 11.9 Å². The zero-order valence-corrected chi connectivity index (χ0v) is 16.7. The number of anilines is 1. The number of hydrogen-bond acceptors (Lipinski definition) is 4. The smallest absolute Gasteiger partial charge is 0.391 e. The average molecular weight is 446 g/mol. The van der Waals surface area contributed by atoms with Crippen molar-refractivity contribution in [2.45, 2.75) is 24.4 Å². The second-order valence-corrected chi connectivity index (χ2v) is 7.45. The van der Waals surface area contributed by atoms with E-state index in [1.54, 1.807) is 6.07 Å². The van der Waals surface area contributed by atoms with E-state index in [1.165, 1.54) is 23.9 Å². The van der Waals surface area contributed by atoms with Gasteiger partial charge in [0.15, 0.2) is 11.4 Å². The van der Waals surface area contributed by atoms with Crippen molar-refractivity contribution in [3.8, 4) is 11.8 Å². The summed E-state index contributed by atoms with van der Waals surface area (Å²) in [5.74, 6) is -3.40. The molecule has 1 heterocycles. The van der Waals surface area contributed by atoms with Crippen LogP contribution in [0, 0.1) is 23.1 Å². The molecule has 0 saturated heterocycles. The van der Waals surface area contributed by atoms with Crippen molar-refractivity contribution in [1.29, 1.82) is 5.26 Å². The Morgan fingerprint density at radius 3 is 2.67 bits per heavy atom. The molecule has 2 aromatic rings. The number of amides is 1. The SMILES string of the molecule is CC(CCOc1c(S(N)=O)cn(C)c1C(=O)Nc1ccc(F)c(C#N)c1)C(F)(F)F. The molecule has 0 bridgehead atoms. The first-order valence-electron chi connectivity index (χ1n) is 8.51. The van der Waals surface area contributed by atoms with Gasteiger partial charge in [0, 0.05) is 18.9 Å². The number of aryl methyl sites for hydroxylation is 1. The molecule has 1 amide bonds. The summed E-state index contributed by atoms with van der Waals surface area (Å²) in [5, 5.41) is 16.7. The van der Waals surface area contributed by atoms with Gasteiger partial charge in [-0.15, -0.1) is 0 Å². The van der Waals surface area contributed by atoms with Crippen LogP contribution in [-0.2, 0) is 18.0 Å². The topological polar surface area (TPSA) is 110 Å². The number of rotatable bonds is 7. The minimum absolute atomic E-state index is 0.0702. The Bertz CT molecular complexity index is 1010. The van der Waals surface area contributed by atoms with Gasteiger partial charge >= 0.3 is 6.18 Å². The summed E-state index contributed by atoms with van der Waals surface area (Å²) in [5.41, 5.74) is -0.335. The predicted molar refractivity (Wildman–Crippen MR) is 100 cm³/mol. The van der Waals surface area contributed by atoms with E-state index in [0.717, 1.165) is 19.1 Å². The Balaban J connectivity index is 2.29. The number of carbonyl (C=O) groups excluding carboxylic acids is 1. The highest BCUT2D eigenvalue weighted by Crippen LogP contribution is 2.31. The van der Waals surface area contributed by atoms with E-state index in [2.05, 4.69) is 5.32 Å². The van der Waals surface area contributed by atoms with Gasteiger partial charge in [-0.05, 0) is 24.6 Å². The fourth-order valence-corrected chi connectivity index (χ4v) is 3.10. The lowest BCUT2D eigenvalue weighted by molar-refractivity contribution is -0.172. The fourth-order valence-electron chi connectivity index (χ4n) is 2.50. The summed E-state index contributed by atoms with van der Waals surface area (Å²) in [7, 11) is -0.641. The number of nitriles is 1. The first kappa shape index (κ1) is 23.4. The Morgan fingerprint density at radius 1 is 1.43 bits per heavy atom. The molecular formula is C18H18F4N4O3S. The normalized spacial score (nSPS) is 13.4. The predicted octanol–water partition coefficient (Wildman–Crippen LogP) is 3.24. The summed E-state index contributed by atoms with van der Waals surface area (Å²) in [4.78, 5) is 12.7. The van der Waals surface area contributed by atoms with Crippen molar-refractivity contribution in [3.63, 3.8) is 0 Å². The quantitative estimate of drug-likeness (QED) is 0.636. The highest BCUT2D eigenvalue weighted by Gasteiger charge is 2.35. The molecule has 0 fully saturated rings. The van der Waals surface area contributed by atoms with Crippen LogP contribution in [-0.4, -0.2) is 27.5 Å².